The van der Waals surface area contributed by atoms with E-state index in [1.807, 2.05) is 0 Å². The van der Waals surface area contributed by atoms with Gasteiger partial charge in [0.1, 0.15) is 5.82 Å². The second-order valence-corrected chi connectivity index (χ2v) is 3.11. The van der Waals surface area contributed by atoms with Crippen LogP contribution in [0.2, 0.25) is 0 Å². The minimum absolute atomic E-state index is 0.131. The van der Waals surface area contributed by atoms with Gasteiger partial charge >= 0.3 is 5.97 Å². The summed E-state index contributed by atoms with van der Waals surface area (Å²) in [5.74, 6) is -1.77. The maximum absolute atomic E-state index is 13.5. The summed E-state index contributed by atoms with van der Waals surface area (Å²) in [6.07, 6.45) is 0. The molecule has 6 heteroatoms. The SMILES string of the molecule is Cc1noc(-c2c(F)cccc2C(=O)O)n1. The van der Waals surface area contributed by atoms with Crippen molar-refractivity contribution in [3.8, 4) is 11.5 Å². The minimum atomic E-state index is -1.25. The third kappa shape index (κ3) is 1.65. The van der Waals surface area contributed by atoms with E-state index in [2.05, 4.69) is 10.1 Å². The van der Waals surface area contributed by atoms with Crippen molar-refractivity contribution in [2.24, 2.45) is 0 Å². The Labute approximate surface area is 89.5 Å². The van der Waals surface area contributed by atoms with E-state index in [0.717, 1.165) is 6.07 Å². The van der Waals surface area contributed by atoms with Crippen molar-refractivity contribution in [1.82, 2.24) is 10.1 Å². The highest BCUT2D eigenvalue weighted by atomic mass is 19.1. The fraction of sp³-hybridized carbons (Fsp3) is 0.100. The monoisotopic (exact) mass is 222 g/mol. The van der Waals surface area contributed by atoms with Crippen LogP contribution in [-0.2, 0) is 0 Å². The van der Waals surface area contributed by atoms with Gasteiger partial charge in [-0.05, 0) is 19.1 Å². The van der Waals surface area contributed by atoms with Crippen LogP contribution in [0.3, 0.4) is 0 Å². The third-order valence-corrected chi connectivity index (χ3v) is 1.99. The van der Waals surface area contributed by atoms with Gasteiger partial charge in [-0.3, -0.25) is 0 Å². The summed E-state index contributed by atoms with van der Waals surface area (Å²) in [5, 5.41) is 12.4. The van der Waals surface area contributed by atoms with Crippen LogP contribution < -0.4 is 0 Å². The molecule has 2 rings (SSSR count). The second kappa shape index (κ2) is 3.73. The van der Waals surface area contributed by atoms with Crippen molar-refractivity contribution in [3.63, 3.8) is 0 Å². The Morgan fingerprint density at radius 1 is 1.50 bits per heavy atom. The van der Waals surface area contributed by atoms with Crippen molar-refractivity contribution in [3.05, 3.63) is 35.4 Å². The Balaban J connectivity index is 2.67. The molecule has 0 aliphatic heterocycles. The summed E-state index contributed by atoms with van der Waals surface area (Å²) >= 11 is 0. The van der Waals surface area contributed by atoms with Crippen LogP contribution in [0.1, 0.15) is 16.2 Å². The number of rotatable bonds is 2. The van der Waals surface area contributed by atoms with E-state index in [0.29, 0.717) is 5.82 Å². The van der Waals surface area contributed by atoms with Crippen LogP contribution >= 0.6 is 0 Å². The van der Waals surface area contributed by atoms with Gasteiger partial charge in [-0.2, -0.15) is 4.98 Å². The van der Waals surface area contributed by atoms with E-state index in [4.69, 9.17) is 9.63 Å². The maximum Gasteiger partial charge on any atom is 0.336 e. The molecule has 0 atom stereocenters. The van der Waals surface area contributed by atoms with E-state index < -0.39 is 11.8 Å². The van der Waals surface area contributed by atoms with Gasteiger partial charge in [0.15, 0.2) is 5.82 Å². The predicted octanol–water partition coefficient (Wildman–Crippen LogP) is 1.88. The van der Waals surface area contributed by atoms with Gasteiger partial charge in [0, 0.05) is 0 Å². The third-order valence-electron chi connectivity index (χ3n) is 1.99. The zero-order valence-electron chi connectivity index (χ0n) is 8.27. The molecule has 1 aromatic heterocycles. The van der Waals surface area contributed by atoms with Crippen LogP contribution in [0.25, 0.3) is 11.5 Å². The van der Waals surface area contributed by atoms with E-state index in [-0.39, 0.29) is 17.0 Å². The highest BCUT2D eigenvalue weighted by Crippen LogP contribution is 2.25. The molecule has 0 bridgehead atoms. The predicted molar refractivity (Wildman–Crippen MR) is 51.4 cm³/mol. The Bertz CT molecular complexity index is 551. The zero-order valence-corrected chi connectivity index (χ0v) is 8.27. The standard InChI is InChI=1S/C10H7FN2O3/c1-5-12-9(16-13-5)8-6(10(14)15)3-2-4-7(8)11/h2-4H,1H3,(H,14,15). The first-order valence-corrected chi connectivity index (χ1v) is 4.42. The van der Waals surface area contributed by atoms with Crippen LogP contribution in [-0.4, -0.2) is 21.2 Å². The number of aromatic carboxylic acids is 1. The molecular formula is C10H7FN2O3. The van der Waals surface area contributed by atoms with Crippen LogP contribution in [0.15, 0.2) is 22.7 Å². The largest absolute Gasteiger partial charge is 0.478 e. The van der Waals surface area contributed by atoms with Crippen molar-refractivity contribution in [1.29, 1.82) is 0 Å². The van der Waals surface area contributed by atoms with Gasteiger partial charge in [0.05, 0.1) is 11.1 Å². The van der Waals surface area contributed by atoms with Gasteiger partial charge in [0.25, 0.3) is 5.89 Å². The molecule has 16 heavy (non-hydrogen) atoms. The van der Waals surface area contributed by atoms with Gasteiger partial charge in [-0.1, -0.05) is 11.2 Å². The second-order valence-electron chi connectivity index (χ2n) is 3.11. The Morgan fingerprint density at radius 3 is 2.81 bits per heavy atom. The molecule has 0 radical (unpaired) electrons. The molecule has 0 amide bonds. The lowest BCUT2D eigenvalue weighted by Gasteiger charge is -2.01. The number of halogens is 1. The number of aryl methyl sites for hydroxylation is 1. The summed E-state index contributed by atoms with van der Waals surface area (Å²) in [7, 11) is 0. The number of carboxylic acid groups (broad SMARTS) is 1. The Morgan fingerprint density at radius 2 is 2.25 bits per heavy atom. The normalized spacial score (nSPS) is 10.4. The summed E-state index contributed by atoms with van der Waals surface area (Å²) in [6.45, 7) is 1.56. The van der Waals surface area contributed by atoms with Crippen molar-refractivity contribution in [2.75, 3.05) is 0 Å². The molecule has 0 saturated carbocycles. The first-order valence-electron chi connectivity index (χ1n) is 4.42. The molecule has 5 nitrogen and oxygen atoms in total. The van der Waals surface area contributed by atoms with E-state index in [1.165, 1.54) is 12.1 Å². The molecule has 1 N–H and O–H groups in total. The molecular weight excluding hydrogens is 215 g/mol. The molecule has 0 aliphatic rings. The van der Waals surface area contributed by atoms with E-state index in [9.17, 15) is 9.18 Å². The highest BCUT2D eigenvalue weighted by Gasteiger charge is 2.20. The quantitative estimate of drug-likeness (QED) is 0.839. The maximum atomic E-state index is 13.5. The number of benzene rings is 1. The van der Waals surface area contributed by atoms with Crippen LogP contribution in [0, 0.1) is 12.7 Å². The fourth-order valence-electron chi connectivity index (χ4n) is 1.32. The van der Waals surface area contributed by atoms with E-state index >= 15 is 0 Å². The number of nitrogens with zero attached hydrogens (tertiary/aromatic N) is 2. The molecule has 1 heterocycles. The summed E-state index contributed by atoms with van der Waals surface area (Å²) in [4.78, 5) is 14.7. The van der Waals surface area contributed by atoms with Crippen molar-refractivity contribution >= 4 is 5.97 Å². The van der Waals surface area contributed by atoms with Gasteiger partial charge in [-0.15, -0.1) is 0 Å². The summed E-state index contributed by atoms with van der Waals surface area (Å²) in [6, 6.07) is 3.73. The number of aromatic nitrogens is 2. The molecule has 0 saturated heterocycles. The fourth-order valence-corrected chi connectivity index (χ4v) is 1.32. The lowest BCUT2D eigenvalue weighted by atomic mass is 10.1. The average molecular weight is 222 g/mol. The van der Waals surface area contributed by atoms with Gasteiger partial charge < -0.3 is 9.63 Å². The minimum Gasteiger partial charge on any atom is -0.478 e. The van der Waals surface area contributed by atoms with Crippen molar-refractivity contribution in [2.45, 2.75) is 6.92 Å². The molecule has 2 aromatic rings. The molecule has 0 unspecified atom stereocenters. The number of hydrogen-bond acceptors (Lipinski definition) is 4. The summed E-state index contributed by atoms with van der Waals surface area (Å²) < 4.78 is 18.3. The smallest absolute Gasteiger partial charge is 0.336 e. The number of carbonyl (C=O) groups is 1. The summed E-state index contributed by atoms with van der Waals surface area (Å²) in [5.41, 5.74) is -0.390. The first-order chi connectivity index (χ1) is 7.59. The van der Waals surface area contributed by atoms with Crippen LogP contribution in [0.5, 0.6) is 0 Å². The number of carboxylic acids is 1. The highest BCUT2D eigenvalue weighted by molar-refractivity contribution is 5.94. The van der Waals surface area contributed by atoms with E-state index in [1.54, 1.807) is 6.92 Å². The zero-order chi connectivity index (χ0) is 11.7. The average Bonchev–Trinajstić information content (AvgIpc) is 2.64. The lowest BCUT2D eigenvalue weighted by Crippen LogP contribution is -2.01. The molecule has 0 fully saturated rings. The molecule has 82 valence electrons. The lowest BCUT2D eigenvalue weighted by molar-refractivity contribution is 0.0697. The molecule has 0 aliphatic carbocycles. The topological polar surface area (TPSA) is 76.2 Å². The molecule has 0 spiro atoms. The Hall–Kier alpha value is -2.24. The van der Waals surface area contributed by atoms with Gasteiger partial charge in [-0.25, -0.2) is 9.18 Å². The van der Waals surface area contributed by atoms with Crippen molar-refractivity contribution < 1.29 is 18.8 Å². The number of hydrogen-bond donors (Lipinski definition) is 1. The Kier molecular flexibility index (Phi) is 2.40. The van der Waals surface area contributed by atoms with Gasteiger partial charge in [0.2, 0.25) is 0 Å². The molecule has 1 aromatic carbocycles. The first kappa shape index (κ1) is 10.3. The van der Waals surface area contributed by atoms with Crippen LogP contribution in [0.4, 0.5) is 4.39 Å².